The van der Waals surface area contributed by atoms with E-state index in [-0.39, 0.29) is 5.91 Å². The average molecular weight is 447 g/mol. The van der Waals surface area contributed by atoms with E-state index < -0.39 is 11.7 Å². The van der Waals surface area contributed by atoms with Crippen LogP contribution in [0.2, 0.25) is 0 Å². The maximum Gasteiger partial charge on any atom is 0.407 e. The van der Waals surface area contributed by atoms with Crippen LogP contribution in [0, 0.1) is 0 Å². The number of fused-ring (bicyclic) bond motifs is 2. The predicted molar refractivity (Wildman–Crippen MR) is 126 cm³/mol. The number of aromatic nitrogens is 2. The zero-order valence-corrected chi connectivity index (χ0v) is 18.8. The van der Waals surface area contributed by atoms with Crippen LogP contribution in [0.15, 0.2) is 59.3 Å². The number of pyridine rings is 2. The quantitative estimate of drug-likeness (QED) is 0.416. The van der Waals surface area contributed by atoms with Crippen molar-refractivity contribution in [3.63, 3.8) is 0 Å². The van der Waals surface area contributed by atoms with Gasteiger partial charge in [0.2, 0.25) is 0 Å². The van der Waals surface area contributed by atoms with E-state index in [1.165, 1.54) is 0 Å². The van der Waals surface area contributed by atoms with Crippen LogP contribution in [0.25, 0.3) is 33.2 Å². The van der Waals surface area contributed by atoms with Crippen LogP contribution in [0.5, 0.6) is 0 Å². The number of hydrogen-bond donors (Lipinski definition) is 2. The van der Waals surface area contributed by atoms with E-state index in [4.69, 9.17) is 9.15 Å². The molecule has 170 valence electrons. The molecule has 1 aromatic carbocycles. The third-order valence-electron chi connectivity index (χ3n) is 4.83. The lowest BCUT2D eigenvalue weighted by Crippen LogP contribution is -2.34. The van der Waals surface area contributed by atoms with Crippen LogP contribution in [-0.4, -0.2) is 40.7 Å². The molecule has 4 aromatic rings. The molecule has 8 heteroatoms. The van der Waals surface area contributed by atoms with Crippen molar-refractivity contribution in [2.45, 2.75) is 32.8 Å². The standard InChI is InChI=1S/C25H26N4O4/c1-25(2,3)33-24(31)28-12-6-11-27-23(30)19-10-9-17-14-26-15-18(22(17)29-19)21-13-16-7-4-5-8-20(16)32-21/h4-5,7-10,13-15H,6,11-12H2,1-3H3,(H,27,30)(H,28,31). The summed E-state index contributed by atoms with van der Waals surface area (Å²) >= 11 is 0. The van der Waals surface area contributed by atoms with E-state index in [9.17, 15) is 9.59 Å². The highest BCUT2D eigenvalue weighted by Crippen LogP contribution is 2.31. The number of furan rings is 1. The number of benzene rings is 1. The average Bonchev–Trinajstić information content (AvgIpc) is 3.21. The van der Waals surface area contributed by atoms with Crippen LogP contribution >= 0.6 is 0 Å². The summed E-state index contributed by atoms with van der Waals surface area (Å²) in [5.41, 5.74) is 1.89. The third-order valence-corrected chi connectivity index (χ3v) is 4.83. The molecule has 0 atom stereocenters. The first-order chi connectivity index (χ1) is 15.8. The Morgan fingerprint density at radius 3 is 2.58 bits per heavy atom. The van der Waals surface area contributed by atoms with Crippen LogP contribution in [0.1, 0.15) is 37.7 Å². The molecule has 0 aliphatic rings. The normalized spacial score (nSPS) is 11.5. The summed E-state index contributed by atoms with van der Waals surface area (Å²) in [5.74, 6) is 0.356. The van der Waals surface area contributed by atoms with E-state index >= 15 is 0 Å². The van der Waals surface area contributed by atoms with E-state index in [0.29, 0.717) is 36.5 Å². The fourth-order valence-corrected chi connectivity index (χ4v) is 3.35. The molecule has 2 N–H and O–H groups in total. The van der Waals surface area contributed by atoms with Crippen LogP contribution in [0.4, 0.5) is 4.79 Å². The highest BCUT2D eigenvalue weighted by Gasteiger charge is 2.16. The minimum Gasteiger partial charge on any atom is -0.456 e. The number of alkyl carbamates (subject to hydrolysis) is 1. The summed E-state index contributed by atoms with van der Waals surface area (Å²) in [4.78, 5) is 33.2. The van der Waals surface area contributed by atoms with Gasteiger partial charge in [-0.05, 0) is 51.5 Å². The van der Waals surface area contributed by atoms with Gasteiger partial charge in [-0.3, -0.25) is 9.78 Å². The van der Waals surface area contributed by atoms with Gasteiger partial charge in [0.1, 0.15) is 22.6 Å². The minimum atomic E-state index is -0.545. The molecular weight excluding hydrogens is 420 g/mol. The van der Waals surface area contributed by atoms with Crippen molar-refractivity contribution in [3.05, 3.63) is 60.6 Å². The van der Waals surface area contributed by atoms with E-state index in [0.717, 1.165) is 21.9 Å². The summed E-state index contributed by atoms with van der Waals surface area (Å²) in [7, 11) is 0. The second-order valence-electron chi connectivity index (χ2n) is 8.64. The second-order valence-corrected chi connectivity index (χ2v) is 8.64. The first kappa shape index (κ1) is 22.3. The highest BCUT2D eigenvalue weighted by molar-refractivity contribution is 5.98. The van der Waals surface area contributed by atoms with Crippen molar-refractivity contribution in [2.75, 3.05) is 13.1 Å². The van der Waals surface area contributed by atoms with Crippen molar-refractivity contribution < 1.29 is 18.7 Å². The van der Waals surface area contributed by atoms with Crippen molar-refractivity contribution in [2.24, 2.45) is 0 Å². The minimum absolute atomic E-state index is 0.290. The van der Waals surface area contributed by atoms with Gasteiger partial charge in [-0.15, -0.1) is 0 Å². The molecule has 4 rings (SSSR count). The number of carbonyl (C=O) groups excluding carboxylic acids is 2. The molecule has 0 aliphatic heterocycles. The molecule has 2 amide bonds. The molecule has 3 aromatic heterocycles. The number of para-hydroxylation sites is 1. The molecule has 0 fully saturated rings. The van der Waals surface area contributed by atoms with E-state index in [1.807, 2.05) is 36.4 Å². The summed E-state index contributed by atoms with van der Waals surface area (Å²) in [6.07, 6.45) is 3.49. The summed E-state index contributed by atoms with van der Waals surface area (Å²) in [6, 6.07) is 13.2. The largest absolute Gasteiger partial charge is 0.456 e. The predicted octanol–water partition coefficient (Wildman–Crippen LogP) is 4.69. The number of carbonyl (C=O) groups is 2. The number of ether oxygens (including phenoxy) is 1. The van der Waals surface area contributed by atoms with Gasteiger partial charge in [-0.2, -0.15) is 0 Å². The number of hydrogen-bond acceptors (Lipinski definition) is 6. The SMILES string of the molecule is CC(C)(C)OC(=O)NCCCNC(=O)c1ccc2cncc(-c3cc4ccccc4o3)c2n1. The molecule has 0 bridgehead atoms. The van der Waals surface area contributed by atoms with Gasteiger partial charge < -0.3 is 19.8 Å². The maximum atomic E-state index is 12.6. The molecule has 0 aliphatic carbocycles. The van der Waals surface area contributed by atoms with Crippen LogP contribution in [-0.2, 0) is 4.74 Å². The van der Waals surface area contributed by atoms with Gasteiger partial charge >= 0.3 is 6.09 Å². The second kappa shape index (κ2) is 9.28. The topological polar surface area (TPSA) is 106 Å². The first-order valence-electron chi connectivity index (χ1n) is 10.8. The van der Waals surface area contributed by atoms with Gasteiger partial charge in [0.05, 0.1) is 11.1 Å². The molecule has 0 unspecified atom stereocenters. The van der Waals surface area contributed by atoms with Gasteiger partial charge in [0.25, 0.3) is 5.91 Å². The molecule has 8 nitrogen and oxygen atoms in total. The van der Waals surface area contributed by atoms with Crippen molar-refractivity contribution in [3.8, 4) is 11.3 Å². The van der Waals surface area contributed by atoms with Crippen LogP contribution in [0.3, 0.4) is 0 Å². The Hall–Kier alpha value is -3.94. The Labute approximate surface area is 191 Å². The van der Waals surface area contributed by atoms with E-state index in [1.54, 1.807) is 39.2 Å². The first-order valence-corrected chi connectivity index (χ1v) is 10.8. The van der Waals surface area contributed by atoms with Gasteiger partial charge in [-0.1, -0.05) is 18.2 Å². The smallest absolute Gasteiger partial charge is 0.407 e. The lowest BCUT2D eigenvalue weighted by Gasteiger charge is -2.19. The number of amides is 2. The molecular formula is C25H26N4O4. The molecule has 0 saturated carbocycles. The maximum absolute atomic E-state index is 12.6. The molecule has 3 heterocycles. The summed E-state index contributed by atoms with van der Waals surface area (Å²) in [6.45, 7) is 6.19. The molecule has 0 spiro atoms. The van der Waals surface area contributed by atoms with Crippen molar-refractivity contribution in [1.82, 2.24) is 20.6 Å². The summed E-state index contributed by atoms with van der Waals surface area (Å²) in [5, 5.41) is 7.30. The Bertz CT molecular complexity index is 1270. The fraction of sp³-hybridized carbons (Fsp3) is 0.280. The number of rotatable bonds is 6. The Morgan fingerprint density at radius 1 is 1.00 bits per heavy atom. The van der Waals surface area contributed by atoms with Crippen LogP contribution < -0.4 is 10.6 Å². The van der Waals surface area contributed by atoms with E-state index in [2.05, 4.69) is 20.6 Å². The Balaban J connectivity index is 1.43. The highest BCUT2D eigenvalue weighted by atomic mass is 16.6. The molecule has 0 saturated heterocycles. The monoisotopic (exact) mass is 446 g/mol. The number of nitrogens with zero attached hydrogens (tertiary/aromatic N) is 2. The van der Waals surface area contributed by atoms with Gasteiger partial charge in [0.15, 0.2) is 0 Å². The number of nitrogens with one attached hydrogen (secondary N) is 2. The molecule has 0 radical (unpaired) electrons. The fourth-order valence-electron chi connectivity index (χ4n) is 3.35. The van der Waals surface area contributed by atoms with Gasteiger partial charge in [-0.25, -0.2) is 9.78 Å². The third kappa shape index (κ3) is 5.46. The lowest BCUT2D eigenvalue weighted by atomic mass is 10.1. The Morgan fingerprint density at radius 2 is 1.79 bits per heavy atom. The lowest BCUT2D eigenvalue weighted by molar-refractivity contribution is 0.0527. The van der Waals surface area contributed by atoms with Gasteiger partial charge in [0, 0.05) is 36.3 Å². The molecule has 33 heavy (non-hydrogen) atoms. The van der Waals surface area contributed by atoms with Crippen molar-refractivity contribution in [1.29, 1.82) is 0 Å². The zero-order valence-electron chi connectivity index (χ0n) is 18.8. The zero-order chi connectivity index (χ0) is 23.4. The van der Waals surface area contributed by atoms with Crippen molar-refractivity contribution >= 4 is 33.9 Å². The summed E-state index contributed by atoms with van der Waals surface area (Å²) < 4.78 is 11.2. The Kier molecular flexibility index (Phi) is 6.26.